The van der Waals surface area contributed by atoms with Crippen molar-refractivity contribution in [2.75, 3.05) is 36.5 Å². The van der Waals surface area contributed by atoms with Gasteiger partial charge in [0.2, 0.25) is 5.95 Å². The van der Waals surface area contributed by atoms with E-state index >= 15 is 0 Å². The summed E-state index contributed by atoms with van der Waals surface area (Å²) in [5.74, 6) is 1.48. The Morgan fingerprint density at radius 3 is 2.44 bits per heavy atom. The Morgan fingerprint density at radius 1 is 0.941 bits per heavy atom. The fraction of sp³-hybridized carbons (Fsp3) is 0.296. The lowest BCUT2D eigenvalue weighted by atomic mass is 9.87. The normalized spacial score (nSPS) is 14.4. The Morgan fingerprint density at radius 2 is 1.71 bits per heavy atom. The van der Waals surface area contributed by atoms with Gasteiger partial charge >= 0.3 is 0 Å². The molecule has 0 unspecified atom stereocenters. The molecule has 4 aromatic rings. The topological polar surface area (TPSA) is 63.2 Å². The van der Waals surface area contributed by atoms with Crippen LogP contribution < -0.4 is 10.2 Å². The molecule has 3 heterocycles. The number of ether oxygens (including phenoxy) is 1. The Kier molecular flexibility index (Phi) is 6.11. The maximum absolute atomic E-state index is 6.41. The van der Waals surface area contributed by atoms with Gasteiger partial charge in [0.25, 0.3) is 0 Å². The zero-order valence-corrected chi connectivity index (χ0v) is 20.4. The van der Waals surface area contributed by atoms with Gasteiger partial charge in [-0.05, 0) is 52.8 Å². The van der Waals surface area contributed by atoms with Crippen molar-refractivity contribution in [2.24, 2.45) is 0 Å². The van der Waals surface area contributed by atoms with Gasteiger partial charge in [-0.25, -0.2) is 15.0 Å². The molecule has 0 amide bonds. The van der Waals surface area contributed by atoms with E-state index in [2.05, 4.69) is 60.2 Å². The van der Waals surface area contributed by atoms with Gasteiger partial charge < -0.3 is 15.0 Å². The van der Waals surface area contributed by atoms with Crippen LogP contribution in [0.25, 0.3) is 22.0 Å². The summed E-state index contributed by atoms with van der Waals surface area (Å²) >= 11 is 6.41. The molecular formula is C27H28ClN5O. The number of halogens is 1. The summed E-state index contributed by atoms with van der Waals surface area (Å²) in [6.07, 6.45) is 3.66. The Labute approximate surface area is 205 Å². The third kappa shape index (κ3) is 4.69. The molecule has 0 bridgehead atoms. The molecule has 0 radical (unpaired) electrons. The van der Waals surface area contributed by atoms with Crippen molar-refractivity contribution in [2.45, 2.75) is 26.2 Å². The van der Waals surface area contributed by atoms with Gasteiger partial charge in [-0.1, -0.05) is 44.5 Å². The van der Waals surface area contributed by atoms with Gasteiger partial charge in [-0.3, -0.25) is 0 Å². The van der Waals surface area contributed by atoms with Gasteiger partial charge in [0, 0.05) is 47.1 Å². The van der Waals surface area contributed by atoms with E-state index in [0.29, 0.717) is 24.2 Å². The summed E-state index contributed by atoms with van der Waals surface area (Å²) in [5.41, 5.74) is 4.12. The third-order valence-electron chi connectivity index (χ3n) is 6.08. The number of aromatic nitrogens is 3. The molecule has 6 nitrogen and oxygen atoms in total. The molecule has 5 rings (SSSR count). The van der Waals surface area contributed by atoms with Crippen LogP contribution in [0, 0.1) is 0 Å². The number of nitrogens with one attached hydrogen (secondary N) is 1. The largest absolute Gasteiger partial charge is 0.378 e. The highest BCUT2D eigenvalue weighted by Crippen LogP contribution is 2.34. The fourth-order valence-corrected chi connectivity index (χ4v) is 4.29. The van der Waals surface area contributed by atoms with Crippen molar-refractivity contribution >= 4 is 39.8 Å². The standard InChI is InChI=1S/C27H28ClN5O/c1-27(2,3)18-4-7-20(8-5-18)31-25-21-9-6-19(28)16-22(21)23(17-30-25)24-10-11-29-26(32-24)33-12-14-34-15-13-33/h4-11,16-17H,12-15H2,1-3H3,(H,30,31). The third-order valence-corrected chi connectivity index (χ3v) is 6.31. The number of fused-ring (bicyclic) bond motifs is 1. The number of pyridine rings is 1. The zero-order chi connectivity index (χ0) is 23.7. The summed E-state index contributed by atoms with van der Waals surface area (Å²) in [4.78, 5) is 16.3. The van der Waals surface area contributed by atoms with Crippen LogP contribution >= 0.6 is 11.6 Å². The number of hydrogen-bond donors (Lipinski definition) is 1. The van der Waals surface area contributed by atoms with Crippen molar-refractivity contribution in [3.05, 3.63) is 71.5 Å². The number of benzene rings is 2. The van der Waals surface area contributed by atoms with Crippen LogP contribution in [0.1, 0.15) is 26.3 Å². The summed E-state index contributed by atoms with van der Waals surface area (Å²) < 4.78 is 5.46. The van der Waals surface area contributed by atoms with Crippen molar-refractivity contribution in [3.63, 3.8) is 0 Å². The van der Waals surface area contributed by atoms with Gasteiger partial charge in [0.05, 0.1) is 18.9 Å². The number of anilines is 3. The minimum Gasteiger partial charge on any atom is -0.378 e. The molecule has 7 heteroatoms. The SMILES string of the molecule is CC(C)(C)c1ccc(Nc2ncc(-c3ccnc(N4CCOCC4)n3)c3cc(Cl)ccc23)cc1. The maximum atomic E-state index is 6.41. The molecule has 0 spiro atoms. The lowest BCUT2D eigenvalue weighted by molar-refractivity contribution is 0.122. The van der Waals surface area contributed by atoms with E-state index in [4.69, 9.17) is 26.3 Å². The first-order valence-electron chi connectivity index (χ1n) is 11.5. The van der Waals surface area contributed by atoms with Crippen LogP contribution in [0.3, 0.4) is 0 Å². The quantitative estimate of drug-likeness (QED) is 0.379. The molecule has 1 aliphatic heterocycles. The molecule has 0 aliphatic carbocycles. The molecule has 1 aliphatic rings. The van der Waals surface area contributed by atoms with Gasteiger partial charge in [0.15, 0.2) is 0 Å². The molecule has 1 fully saturated rings. The minimum atomic E-state index is 0.111. The van der Waals surface area contributed by atoms with E-state index in [-0.39, 0.29) is 5.41 Å². The average Bonchev–Trinajstić information content (AvgIpc) is 2.84. The van der Waals surface area contributed by atoms with Crippen LogP contribution in [0.15, 0.2) is 60.9 Å². The van der Waals surface area contributed by atoms with Crippen molar-refractivity contribution in [3.8, 4) is 11.3 Å². The predicted molar refractivity (Wildman–Crippen MR) is 139 cm³/mol. The number of nitrogens with zero attached hydrogens (tertiary/aromatic N) is 4. The van der Waals surface area contributed by atoms with Gasteiger partial charge in [-0.15, -0.1) is 0 Å². The summed E-state index contributed by atoms with van der Waals surface area (Å²) in [5, 5.41) is 6.12. The minimum absolute atomic E-state index is 0.111. The molecule has 2 aromatic heterocycles. The Balaban J connectivity index is 1.52. The van der Waals surface area contributed by atoms with Crippen molar-refractivity contribution in [1.82, 2.24) is 15.0 Å². The highest BCUT2D eigenvalue weighted by atomic mass is 35.5. The van der Waals surface area contributed by atoms with Crippen LogP contribution in [0.4, 0.5) is 17.5 Å². The molecule has 1 N–H and O–H groups in total. The van der Waals surface area contributed by atoms with E-state index in [1.807, 2.05) is 30.5 Å². The predicted octanol–water partition coefficient (Wildman–Crippen LogP) is 6.22. The first-order valence-corrected chi connectivity index (χ1v) is 11.9. The van der Waals surface area contributed by atoms with Crippen LogP contribution in [0.2, 0.25) is 5.02 Å². The van der Waals surface area contributed by atoms with Crippen LogP contribution in [-0.4, -0.2) is 41.3 Å². The molecule has 0 saturated carbocycles. The highest BCUT2D eigenvalue weighted by Gasteiger charge is 2.17. The van der Waals surface area contributed by atoms with Crippen LogP contribution in [0.5, 0.6) is 0 Å². The lowest BCUT2D eigenvalue weighted by Gasteiger charge is -2.26. The molecule has 0 atom stereocenters. The molecule has 34 heavy (non-hydrogen) atoms. The van der Waals surface area contributed by atoms with E-state index in [0.717, 1.165) is 46.6 Å². The fourth-order valence-electron chi connectivity index (χ4n) is 4.12. The molecule has 2 aromatic carbocycles. The lowest BCUT2D eigenvalue weighted by Crippen LogP contribution is -2.37. The second kappa shape index (κ2) is 9.20. The van der Waals surface area contributed by atoms with Crippen molar-refractivity contribution in [1.29, 1.82) is 0 Å². The number of morpholine rings is 1. The molecule has 1 saturated heterocycles. The zero-order valence-electron chi connectivity index (χ0n) is 19.7. The first-order chi connectivity index (χ1) is 16.4. The average molecular weight is 474 g/mol. The Bertz CT molecular complexity index is 1310. The second-order valence-corrected chi connectivity index (χ2v) is 9.94. The van der Waals surface area contributed by atoms with Gasteiger partial charge in [0.1, 0.15) is 5.82 Å². The maximum Gasteiger partial charge on any atom is 0.226 e. The summed E-state index contributed by atoms with van der Waals surface area (Å²) in [6.45, 7) is 9.57. The highest BCUT2D eigenvalue weighted by molar-refractivity contribution is 6.31. The van der Waals surface area contributed by atoms with E-state index in [1.165, 1.54) is 5.56 Å². The molecular weight excluding hydrogens is 446 g/mol. The van der Waals surface area contributed by atoms with E-state index < -0.39 is 0 Å². The monoisotopic (exact) mass is 473 g/mol. The first kappa shape index (κ1) is 22.6. The molecule has 174 valence electrons. The van der Waals surface area contributed by atoms with E-state index in [1.54, 1.807) is 6.20 Å². The second-order valence-electron chi connectivity index (χ2n) is 9.50. The Hall–Kier alpha value is -3.22. The number of rotatable bonds is 4. The van der Waals surface area contributed by atoms with Crippen LogP contribution in [-0.2, 0) is 10.2 Å². The van der Waals surface area contributed by atoms with E-state index in [9.17, 15) is 0 Å². The summed E-state index contributed by atoms with van der Waals surface area (Å²) in [7, 11) is 0. The van der Waals surface area contributed by atoms with Gasteiger partial charge in [-0.2, -0.15) is 0 Å². The number of hydrogen-bond acceptors (Lipinski definition) is 6. The van der Waals surface area contributed by atoms with Crippen molar-refractivity contribution < 1.29 is 4.74 Å². The summed E-state index contributed by atoms with van der Waals surface area (Å²) in [6, 6.07) is 16.3. The smallest absolute Gasteiger partial charge is 0.226 e.